The maximum absolute atomic E-state index is 5.48. The molecule has 0 saturated heterocycles. The Hall–Kier alpha value is -2.07. The van der Waals surface area contributed by atoms with Crippen LogP contribution in [0.1, 0.15) is 68.5 Å². The molecule has 5 atom stereocenters. The molecule has 0 aromatic heterocycles. The Labute approximate surface area is 186 Å². The van der Waals surface area contributed by atoms with Crippen molar-refractivity contribution in [2.75, 3.05) is 17.2 Å². The van der Waals surface area contributed by atoms with Crippen LogP contribution in [0.5, 0.6) is 0 Å². The van der Waals surface area contributed by atoms with Crippen molar-refractivity contribution in [3.05, 3.63) is 59.7 Å². The molecule has 5 rings (SSSR count). The van der Waals surface area contributed by atoms with E-state index in [9.17, 15) is 0 Å². The Morgan fingerprint density at radius 3 is 2.77 bits per heavy atom. The molecule has 0 spiro atoms. The van der Waals surface area contributed by atoms with Crippen molar-refractivity contribution < 1.29 is 0 Å². The zero-order chi connectivity index (χ0) is 20.5. The third-order valence-corrected chi connectivity index (χ3v) is 7.87. The molecule has 2 aromatic rings. The molecule has 158 valence electrons. The maximum atomic E-state index is 5.48. The number of anilines is 2. The fourth-order valence-corrected chi connectivity index (χ4v) is 6.60. The van der Waals surface area contributed by atoms with Crippen molar-refractivity contribution in [3.63, 3.8) is 0 Å². The fourth-order valence-electron chi connectivity index (χ4n) is 6.38. The molecule has 1 aliphatic heterocycles. The molecule has 2 saturated carbocycles. The average Bonchev–Trinajstić information content (AvgIpc) is 3.27. The van der Waals surface area contributed by atoms with E-state index in [2.05, 4.69) is 71.4 Å². The highest BCUT2D eigenvalue weighted by Gasteiger charge is 2.48. The summed E-state index contributed by atoms with van der Waals surface area (Å²) in [5.74, 6) is 3.08. The van der Waals surface area contributed by atoms with Gasteiger partial charge >= 0.3 is 0 Å². The second-order valence-electron chi connectivity index (χ2n) is 9.33. The highest BCUT2D eigenvalue weighted by atomic mass is 32.1. The van der Waals surface area contributed by atoms with E-state index in [1.54, 1.807) is 0 Å². The van der Waals surface area contributed by atoms with Gasteiger partial charge in [-0.3, -0.25) is 0 Å². The van der Waals surface area contributed by atoms with Crippen LogP contribution in [0.25, 0.3) is 0 Å². The smallest absolute Gasteiger partial charge is 0.170 e. The number of benzene rings is 2. The first-order chi connectivity index (χ1) is 14.7. The molecule has 0 radical (unpaired) electrons. The molecule has 30 heavy (non-hydrogen) atoms. The van der Waals surface area contributed by atoms with Crippen LogP contribution in [0, 0.1) is 17.8 Å². The Balaban J connectivity index is 1.48. The van der Waals surface area contributed by atoms with Gasteiger partial charge in [-0.05, 0) is 90.9 Å². The largest absolute Gasteiger partial charge is 0.378 e. The molecular formula is C26H33N3S. The summed E-state index contributed by atoms with van der Waals surface area (Å²) in [5, 5.41) is 11.4. The van der Waals surface area contributed by atoms with E-state index in [1.807, 2.05) is 0 Å². The number of thiocarbonyl (C=S) groups is 1. The Morgan fingerprint density at radius 1 is 1.07 bits per heavy atom. The predicted octanol–water partition coefficient (Wildman–Crippen LogP) is 6.46. The topological polar surface area (TPSA) is 36.1 Å². The summed E-state index contributed by atoms with van der Waals surface area (Å²) in [6, 6.07) is 18.3. The first kappa shape index (κ1) is 19.9. The van der Waals surface area contributed by atoms with Gasteiger partial charge in [-0.15, -0.1) is 0 Å². The fraction of sp³-hybridized carbons (Fsp3) is 0.500. The first-order valence-electron chi connectivity index (χ1n) is 11.7. The van der Waals surface area contributed by atoms with Crippen LogP contribution >= 0.6 is 12.2 Å². The minimum atomic E-state index is 0.417. The zero-order valence-electron chi connectivity index (χ0n) is 17.9. The van der Waals surface area contributed by atoms with E-state index in [1.165, 1.54) is 48.9 Å². The molecule has 5 unspecified atom stereocenters. The van der Waals surface area contributed by atoms with Crippen LogP contribution in [0.2, 0.25) is 0 Å². The van der Waals surface area contributed by atoms with E-state index < -0.39 is 0 Å². The van der Waals surface area contributed by atoms with Crippen molar-refractivity contribution in [2.24, 2.45) is 17.8 Å². The third kappa shape index (κ3) is 3.71. The number of hydrogen-bond acceptors (Lipinski definition) is 2. The summed E-state index contributed by atoms with van der Waals surface area (Å²) in [6.45, 7) is 3.06. The van der Waals surface area contributed by atoms with Crippen LogP contribution in [-0.4, -0.2) is 11.7 Å². The Bertz CT molecular complexity index is 896. The molecule has 1 heterocycles. The molecule has 2 aliphatic carbocycles. The summed E-state index contributed by atoms with van der Waals surface area (Å²) in [7, 11) is 0. The summed E-state index contributed by atoms with van der Waals surface area (Å²) in [4.78, 5) is 0. The van der Waals surface area contributed by atoms with E-state index in [-0.39, 0.29) is 0 Å². The lowest BCUT2D eigenvalue weighted by atomic mass is 9.60. The molecule has 3 nitrogen and oxygen atoms in total. The molecule has 2 fully saturated rings. The average molecular weight is 420 g/mol. The zero-order valence-corrected chi connectivity index (χ0v) is 18.7. The summed E-state index contributed by atoms with van der Waals surface area (Å²) in [5.41, 5.74) is 5.34. The quantitative estimate of drug-likeness (QED) is 0.497. The van der Waals surface area contributed by atoms with E-state index in [0.29, 0.717) is 17.9 Å². The summed E-state index contributed by atoms with van der Waals surface area (Å²) >= 11 is 5.48. The molecule has 3 aliphatic rings. The lowest BCUT2D eigenvalue weighted by Gasteiger charge is -2.49. The number of rotatable bonds is 4. The summed E-state index contributed by atoms with van der Waals surface area (Å²) in [6.07, 6.45) is 8.01. The molecule has 3 N–H and O–H groups in total. The van der Waals surface area contributed by atoms with Crippen LogP contribution in [0.4, 0.5) is 11.4 Å². The van der Waals surface area contributed by atoms with Gasteiger partial charge in [-0.1, -0.05) is 50.1 Å². The monoisotopic (exact) mass is 419 g/mol. The van der Waals surface area contributed by atoms with Gasteiger partial charge in [0.1, 0.15) is 0 Å². The van der Waals surface area contributed by atoms with Gasteiger partial charge in [0.2, 0.25) is 0 Å². The van der Waals surface area contributed by atoms with Crippen molar-refractivity contribution in [3.8, 4) is 0 Å². The van der Waals surface area contributed by atoms with Crippen LogP contribution in [0.15, 0.2) is 48.5 Å². The molecule has 4 heteroatoms. The van der Waals surface area contributed by atoms with Gasteiger partial charge in [0.05, 0.1) is 6.04 Å². The molecule has 0 amide bonds. The Morgan fingerprint density at radius 2 is 1.93 bits per heavy atom. The number of nitrogens with one attached hydrogen (secondary N) is 3. The highest BCUT2D eigenvalue weighted by Crippen LogP contribution is 2.59. The van der Waals surface area contributed by atoms with Gasteiger partial charge in [0, 0.05) is 17.9 Å². The van der Waals surface area contributed by atoms with Crippen molar-refractivity contribution in [1.82, 2.24) is 5.32 Å². The van der Waals surface area contributed by atoms with Crippen molar-refractivity contribution in [1.29, 1.82) is 0 Å². The van der Waals surface area contributed by atoms with Gasteiger partial charge in [-0.2, -0.15) is 0 Å². The second kappa shape index (κ2) is 8.58. The van der Waals surface area contributed by atoms with Gasteiger partial charge in [0.25, 0.3) is 0 Å². The van der Waals surface area contributed by atoms with Crippen LogP contribution in [0.3, 0.4) is 0 Å². The summed E-state index contributed by atoms with van der Waals surface area (Å²) < 4.78 is 0. The Kier molecular flexibility index (Phi) is 5.68. The van der Waals surface area contributed by atoms with Crippen LogP contribution in [-0.2, 0) is 0 Å². The SMILES string of the molecule is CCCNC(=S)Nc1ccc2c(c1)C1CCC3CCCC3C1C(c1ccccc1)N2. The molecular weight excluding hydrogens is 386 g/mol. The van der Waals surface area contributed by atoms with Gasteiger partial charge in [-0.25, -0.2) is 0 Å². The molecule has 0 bridgehead atoms. The van der Waals surface area contributed by atoms with E-state index in [0.717, 1.165) is 35.6 Å². The van der Waals surface area contributed by atoms with E-state index in [4.69, 9.17) is 12.2 Å². The first-order valence-corrected chi connectivity index (χ1v) is 12.2. The lowest BCUT2D eigenvalue weighted by molar-refractivity contribution is 0.129. The molecule has 2 aromatic carbocycles. The van der Waals surface area contributed by atoms with Gasteiger partial charge in [0.15, 0.2) is 5.11 Å². The lowest BCUT2D eigenvalue weighted by Crippen LogP contribution is -2.41. The van der Waals surface area contributed by atoms with Gasteiger partial charge < -0.3 is 16.0 Å². The standard InChI is InChI=1S/C26H33N3S/c1-2-15-27-26(30)28-19-12-14-23-22(16-19)21-13-11-17-9-6-10-20(17)24(21)25(29-23)18-7-4-3-5-8-18/h3-5,7-8,12,14,16-17,20-21,24-25,29H,2,6,9-11,13,15H2,1H3,(H2,27,28,30). The van der Waals surface area contributed by atoms with Crippen LogP contribution < -0.4 is 16.0 Å². The maximum Gasteiger partial charge on any atom is 0.170 e. The highest BCUT2D eigenvalue weighted by molar-refractivity contribution is 7.80. The minimum absolute atomic E-state index is 0.417. The van der Waals surface area contributed by atoms with Crippen molar-refractivity contribution in [2.45, 2.75) is 57.4 Å². The number of hydrogen-bond donors (Lipinski definition) is 3. The normalized spacial score (nSPS) is 29.2. The number of fused-ring (bicyclic) bond motifs is 5. The second-order valence-corrected chi connectivity index (χ2v) is 9.74. The third-order valence-electron chi connectivity index (χ3n) is 7.62. The predicted molar refractivity (Wildman–Crippen MR) is 130 cm³/mol. The van der Waals surface area contributed by atoms with Crippen molar-refractivity contribution >= 4 is 28.7 Å². The van der Waals surface area contributed by atoms with E-state index >= 15 is 0 Å². The minimum Gasteiger partial charge on any atom is -0.378 e.